The number of benzene rings is 2. The first-order chi connectivity index (χ1) is 14.4. The highest BCUT2D eigenvalue weighted by molar-refractivity contribution is 5.92. The van der Waals surface area contributed by atoms with E-state index in [1.165, 1.54) is 17.8 Å². The maximum atomic E-state index is 14.1. The van der Waals surface area contributed by atoms with Crippen LogP contribution in [0.4, 0.5) is 4.39 Å². The normalized spacial score (nSPS) is 16.7. The van der Waals surface area contributed by atoms with E-state index in [2.05, 4.69) is 16.1 Å². The number of amides is 1. The Balaban J connectivity index is 1.44. The number of hydrogen-bond donors (Lipinski definition) is 1. The molecule has 0 radical (unpaired) electrons. The van der Waals surface area contributed by atoms with E-state index in [-0.39, 0.29) is 11.3 Å². The Bertz CT molecular complexity index is 1060. The fourth-order valence-electron chi connectivity index (χ4n) is 4.05. The molecule has 1 atom stereocenters. The van der Waals surface area contributed by atoms with Gasteiger partial charge in [0, 0.05) is 19.2 Å². The summed E-state index contributed by atoms with van der Waals surface area (Å²) in [6.07, 6.45) is 2.29. The molecule has 1 aliphatic heterocycles. The molecule has 2 aromatic carbocycles. The van der Waals surface area contributed by atoms with Gasteiger partial charge in [-0.2, -0.15) is 5.10 Å². The van der Waals surface area contributed by atoms with Gasteiger partial charge in [-0.05, 0) is 68.3 Å². The van der Waals surface area contributed by atoms with E-state index in [0.29, 0.717) is 11.8 Å². The summed E-state index contributed by atoms with van der Waals surface area (Å²) < 4.78 is 21.7. The molecule has 1 aromatic heterocycles. The van der Waals surface area contributed by atoms with Gasteiger partial charge in [0.05, 0.1) is 17.4 Å². The number of halogens is 1. The average molecular weight is 408 g/mol. The minimum absolute atomic E-state index is 0.0546. The van der Waals surface area contributed by atoms with Crippen LogP contribution in [0.1, 0.15) is 46.2 Å². The third-order valence-electron chi connectivity index (χ3n) is 5.50. The second-order valence-corrected chi connectivity index (χ2v) is 7.72. The van der Waals surface area contributed by atoms with Crippen LogP contribution in [0.5, 0.6) is 11.5 Å². The van der Waals surface area contributed by atoms with E-state index in [4.69, 9.17) is 10.5 Å². The van der Waals surface area contributed by atoms with Crippen molar-refractivity contribution in [2.24, 2.45) is 12.8 Å². The minimum atomic E-state index is -0.675. The lowest BCUT2D eigenvalue weighted by molar-refractivity contribution is 0.1000. The first kappa shape index (κ1) is 20.1. The first-order valence-corrected chi connectivity index (χ1v) is 10.0. The smallest absolute Gasteiger partial charge is 0.248 e. The number of rotatable bonds is 6. The largest absolute Gasteiger partial charge is 0.454 e. The summed E-state index contributed by atoms with van der Waals surface area (Å²) in [6.45, 7) is 3.90. The van der Waals surface area contributed by atoms with Crippen LogP contribution < -0.4 is 10.5 Å². The number of nitrogens with two attached hydrogens (primary N) is 1. The van der Waals surface area contributed by atoms with Crippen molar-refractivity contribution in [3.05, 3.63) is 76.9 Å². The molecular formula is C23H25FN4O2. The number of nitrogens with zero attached hydrogens (tertiary/aromatic N) is 3. The van der Waals surface area contributed by atoms with Crippen molar-refractivity contribution >= 4 is 5.91 Å². The number of aryl methyl sites for hydroxylation is 2. The molecule has 0 saturated carbocycles. The summed E-state index contributed by atoms with van der Waals surface area (Å²) in [5.41, 5.74) is 8.73. The predicted octanol–water partition coefficient (Wildman–Crippen LogP) is 4.10. The molecule has 1 aliphatic rings. The van der Waals surface area contributed by atoms with Crippen molar-refractivity contribution in [2.45, 2.75) is 32.4 Å². The van der Waals surface area contributed by atoms with E-state index >= 15 is 0 Å². The molecule has 1 saturated heterocycles. The van der Waals surface area contributed by atoms with Crippen molar-refractivity contribution < 1.29 is 13.9 Å². The fraction of sp³-hybridized carbons (Fsp3) is 0.304. The van der Waals surface area contributed by atoms with Crippen LogP contribution in [-0.2, 0) is 13.6 Å². The zero-order chi connectivity index (χ0) is 21.3. The molecule has 1 amide bonds. The zero-order valence-corrected chi connectivity index (χ0v) is 17.1. The summed E-state index contributed by atoms with van der Waals surface area (Å²) >= 11 is 0. The second kappa shape index (κ2) is 8.28. The van der Waals surface area contributed by atoms with Gasteiger partial charge in [0.2, 0.25) is 5.91 Å². The van der Waals surface area contributed by atoms with Gasteiger partial charge in [-0.15, -0.1) is 0 Å². The SMILES string of the molecule is Cc1cc([C@@H]2CCCN2Cc2ccc(Oc3ccc(C(N)=O)cc3F)cc2)n(C)n1. The molecule has 4 rings (SSSR count). The van der Waals surface area contributed by atoms with Gasteiger partial charge >= 0.3 is 0 Å². The summed E-state index contributed by atoms with van der Waals surface area (Å²) in [5, 5.41) is 4.49. The van der Waals surface area contributed by atoms with Crippen molar-refractivity contribution in [3.8, 4) is 11.5 Å². The van der Waals surface area contributed by atoms with Crippen LogP contribution in [0.2, 0.25) is 0 Å². The van der Waals surface area contributed by atoms with Crippen molar-refractivity contribution in [2.75, 3.05) is 6.54 Å². The zero-order valence-electron chi connectivity index (χ0n) is 17.1. The van der Waals surface area contributed by atoms with Crippen molar-refractivity contribution in [3.63, 3.8) is 0 Å². The highest BCUT2D eigenvalue weighted by atomic mass is 19.1. The number of carbonyl (C=O) groups excluding carboxylic acids is 1. The molecular weight excluding hydrogens is 383 g/mol. The Hall–Kier alpha value is -3.19. The Morgan fingerprint density at radius 3 is 2.63 bits per heavy atom. The molecule has 6 nitrogen and oxygen atoms in total. The summed E-state index contributed by atoms with van der Waals surface area (Å²) in [4.78, 5) is 13.6. The fourth-order valence-corrected chi connectivity index (χ4v) is 4.05. The Labute approximate surface area is 175 Å². The molecule has 0 unspecified atom stereocenters. The lowest BCUT2D eigenvalue weighted by atomic mass is 10.1. The topological polar surface area (TPSA) is 73.4 Å². The Morgan fingerprint density at radius 1 is 1.23 bits per heavy atom. The monoisotopic (exact) mass is 408 g/mol. The molecule has 2 N–H and O–H groups in total. The number of hydrogen-bond acceptors (Lipinski definition) is 4. The van der Waals surface area contributed by atoms with Crippen LogP contribution in [0.15, 0.2) is 48.5 Å². The van der Waals surface area contributed by atoms with Crippen LogP contribution in [0.3, 0.4) is 0 Å². The van der Waals surface area contributed by atoms with E-state index in [1.54, 1.807) is 0 Å². The van der Waals surface area contributed by atoms with E-state index in [0.717, 1.165) is 43.3 Å². The van der Waals surface area contributed by atoms with Crippen LogP contribution >= 0.6 is 0 Å². The summed E-state index contributed by atoms with van der Waals surface area (Å²) in [6, 6.07) is 14.1. The molecule has 30 heavy (non-hydrogen) atoms. The third kappa shape index (κ3) is 4.21. The quantitative estimate of drug-likeness (QED) is 0.667. The highest BCUT2D eigenvalue weighted by Gasteiger charge is 2.28. The molecule has 7 heteroatoms. The van der Waals surface area contributed by atoms with Gasteiger partial charge in [-0.1, -0.05) is 12.1 Å². The molecule has 156 valence electrons. The molecule has 0 spiro atoms. The highest BCUT2D eigenvalue weighted by Crippen LogP contribution is 2.33. The Morgan fingerprint density at radius 2 is 2.00 bits per heavy atom. The van der Waals surface area contributed by atoms with E-state index in [9.17, 15) is 9.18 Å². The van der Waals surface area contributed by atoms with E-state index < -0.39 is 11.7 Å². The van der Waals surface area contributed by atoms with Gasteiger partial charge in [0.15, 0.2) is 11.6 Å². The third-order valence-corrected chi connectivity index (χ3v) is 5.50. The molecule has 0 bridgehead atoms. The first-order valence-electron chi connectivity index (χ1n) is 10.0. The van der Waals surface area contributed by atoms with Gasteiger partial charge in [-0.3, -0.25) is 14.4 Å². The standard InChI is InChI=1S/C23H25FN4O2/c1-15-12-21(27(2)26-15)20-4-3-11-28(20)14-16-5-8-18(9-6-16)30-22-10-7-17(23(25)29)13-19(22)24/h5-10,12-13,20H,3-4,11,14H2,1-2H3,(H2,25,29)/t20-/m0/s1. The maximum Gasteiger partial charge on any atom is 0.248 e. The second-order valence-electron chi connectivity index (χ2n) is 7.72. The summed E-state index contributed by atoms with van der Waals surface area (Å²) in [5.74, 6) is -0.711. The molecule has 3 aromatic rings. The minimum Gasteiger partial charge on any atom is -0.454 e. The predicted molar refractivity (Wildman–Crippen MR) is 112 cm³/mol. The van der Waals surface area contributed by atoms with Crippen LogP contribution in [0, 0.1) is 12.7 Å². The maximum absolute atomic E-state index is 14.1. The molecule has 1 fully saturated rings. The van der Waals surface area contributed by atoms with Crippen molar-refractivity contribution in [1.29, 1.82) is 0 Å². The number of primary amides is 1. The average Bonchev–Trinajstić information content (AvgIpc) is 3.29. The van der Waals surface area contributed by atoms with E-state index in [1.807, 2.05) is 42.9 Å². The van der Waals surface area contributed by atoms with Crippen molar-refractivity contribution in [1.82, 2.24) is 14.7 Å². The number of aromatic nitrogens is 2. The van der Waals surface area contributed by atoms with Crippen LogP contribution in [0.25, 0.3) is 0 Å². The lowest BCUT2D eigenvalue weighted by Gasteiger charge is -2.24. The van der Waals surface area contributed by atoms with Gasteiger partial charge in [0.25, 0.3) is 0 Å². The van der Waals surface area contributed by atoms with Gasteiger partial charge in [-0.25, -0.2) is 4.39 Å². The number of ether oxygens (including phenoxy) is 1. The molecule has 2 heterocycles. The lowest BCUT2D eigenvalue weighted by Crippen LogP contribution is -2.24. The summed E-state index contributed by atoms with van der Waals surface area (Å²) in [7, 11) is 2.00. The number of likely N-dealkylation sites (tertiary alicyclic amines) is 1. The Kier molecular flexibility index (Phi) is 5.55. The van der Waals surface area contributed by atoms with Gasteiger partial charge in [0.1, 0.15) is 5.75 Å². The van der Waals surface area contributed by atoms with Gasteiger partial charge < -0.3 is 10.5 Å². The molecule has 0 aliphatic carbocycles. The van der Waals surface area contributed by atoms with Crippen LogP contribution in [-0.4, -0.2) is 27.1 Å². The number of carbonyl (C=O) groups is 1.